The van der Waals surface area contributed by atoms with Gasteiger partial charge >= 0.3 is 6.03 Å². The lowest BCUT2D eigenvalue weighted by molar-refractivity contribution is 0.105. The summed E-state index contributed by atoms with van der Waals surface area (Å²) >= 11 is 0. The molecule has 1 unspecified atom stereocenters. The van der Waals surface area contributed by atoms with Crippen LogP contribution in [0.5, 0.6) is 0 Å². The second-order valence-corrected chi connectivity index (χ2v) is 7.69. The van der Waals surface area contributed by atoms with Gasteiger partial charge in [0.1, 0.15) is 5.82 Å². The number of nitrogens with one attached hydrogen (secondary N) is 2. The minimum absolute atomic E-state index is 0.0980. The Labute approximate surface area is 188 Å². The molecule has 1 aromatic heterocycles. The molecule has 8 nitrogen and oxygen atoms in total. The largest absolute Gasteiger partial charge is 0.383 e. The number of amides is 2. The Morgan fingerprint density at radius 2 is 1.75 bits per heavy atom. The molecule has 0 saturated carbocycles. The molecule has 0 radical (unpaired) electrons. The van der Waals surface area contributed by atoms with E-state index in [0.29, 0.717) is 36.0 Å². The van der Waals surface area contributed by atoms with Crippen LogP contribution in [0.25, 0.3) is 11.1 Å². The van der Waals surface area contributed by atoms with Crippen molar-refractivity contribution >= 4 is 23.5 Å². The number of carbonyl (C=O) groups is 1. The van der Waals surface area contributed by atoms with Crippen LogP contribution >= 0.6 is 0 Å². The molecular weight excluding hydrogens is 404 g/mol. The highest BCUT2D eigenvalue weighted by Crippen LogP contribution is 2.30. The maximum atomic E-state index is 12.1. The van der Waals surface area contributed by atoms with Crippen LogP contribution in [0.4, 0.5) is 22.2 Å². The van der Waals surface area contributed by atoms with E-state index in [1.807, 2.05) is 54.6 Å². The minimum atomic E-state index is -0.233. The van der Waals surface area contributed by atoms with Crippen molar-refractivity contribution in [2.75, 3.05) is 23.3 Å². The van der Waals surface area contributed by atoms with E-state index in [1.165, 1.54) is 0 Å². The van der Waals surface area contributed by atoms with Gasteiger partial charge in [-0.1, -0.05) is 62.7 Å². The second-order valence-electron chi connectivity index (χ2n) is 7.69. The van der Waals surface area contributed by atoms with Crippen LogP contribution < -0.4 is 22.1 Å². The lowest BCUT2D eigenvalue weighted by Crippen LogP contribution is -2.32. The Hall–Kier alpha value is -3.65. The third-order valence-corrected chi connectivity index (χ3v) is 5.12. The Morgan fingerprint density at radius 3 is 2.44 bits per heavy atom. The smallest absolute Gasteiger partial charge is 0.319 e. The topological polar surface area (TPSA) is 128 Å². The lowest BCUT2D eigenvalue weighted by atomic mass is 10.0. The number of aromatic nitrogens is 2. The molecule has 2 amide bonds. The quantitative estimate of drug-likeness (QED) is 0.400. The number of nitrogens with two attached hydrogens (primary N) is 2. The van der Waals surface area contributed by atoms with Gasteiger partial charge in [-0.3, -0.25) is 0 Å². The van der Waals surface area contributed by atoms with Crippen LogP contribution in [-0.2, 0) is 18.0 Å². The van der Waals surface area contributed by atoms with Crippen LogP contribution in [-0.4, -0.2) is 22.5 Å². The van der Waals surface area contributed by atoms with Crippen LogP contribution in [0.2, 0.25) is 0 Å². The van der Waals surface area contributed by atoms with Gasteiger partial charge in [0.15, 0.2) is 0 Å². The molecular formula is C24H30N6O2. The summed E-state index contributed by atoms with van der Waals surface area (Å²) in [6.07, 6.45) is 1.01. The monoisotopic (exact) mass is 434 g/mol. The zero-order valence-corrected chi connectivity index (χ0v) is 18.5. The fourth-order valence-electron chi connectivity index (χ4n) is 3.11. The van der Waals surface area contributed by atoms with Crippen LogP contribution in [0.1, 0.15) is 31.5 Å². The molecule has 6 N–H and O–H groups in total. The van der Waals surface area contributed by atoms with E-state index in [9.17, 15) is 4.79 Å². The maximum absolute atomic E-state index is 12.1. The van der Waals surface area contributed by atoms with Crippen molar-refractivity contribution in [1.82, 2.24) is 15.3 Å². The molecule has 0 bridgehead atoms. The number of carbonyl (C=O) groups excluding carboxylic acids is 1. The first-order valence-corrected chi connectivity index (χ1v) is 10.6. The highest BCUT2D eigenvalue weighted by molar-refractivity contribution is 5.89. The van der Waals surface area contributed by atoms with Gasteiger partial charge in [-0.2, -0.15) is 4.98 Å². The molecule has 0 aliphatic carbocycles. The number of urea groups is 1. The van der Waals surface area contributed by atoms with E-state index in [4.69, 9.17) is 16.2 Å². The van der Waals surface area contributed by atoms with E-state index in [-0.39, 0.29) is 24.4 Å². The fraction of sp³-hybridized carbons (Fsp3) is 0.292. The van der Waals surface area contributed by atoms with Crippen LogP contribution in [0, 0.1) is 5.92 Å². The summed E-state index contributed by atoms with van der Waals surface area (Å²) in [4.78, 5) is 20.5. The summed E-state index contributed by atoms with van der Waals surface area (Å²) < 4.78 is 5.84. The van der Waals surface area contributed by atoms with E-state index >= 15 is 0 Å². The first-order chi connectivity index (χ1) is 15.5. The van der Waals surface area contributed by atoms with E-state index in [1.54, 1.807) is 0 Å². The van der Waals surface area contributed by atoms with Gasteiger partial charge in [0.2, 0.25) is 5.95 Å². The molecule has 0 saturated heterocycles. The molecule has 3 aromatic rings. The van der Waals surface area contributed by atoms with Crippen molar-refractivity contribution in [3.8, 4) is 11.1 Å². The summed E-state index contributed by atoms with van der Waals surface area (Å²) in [5, 5.41) is 5.70. The Bertz CT molecular complexity index is 1020. The molecule has 0 aliphatic rings. The summed E-state index contributed by atoms with van der Waals surface area (Å²) in [6.45, 7) is 5.50. The van der Waals surface area contributed by atoms with Gasteiger partial charge in [0.05, 0.1) is 18.9 Å². The van der Waals surface area contributed by atoms with Crippen molar-refractivity contribution in [1.29, 1.82) is 0 Å². The number of hydrogen-bond donors (Lipinski definition) is 4. The summed E-state index contributed by atoms with van der Waals surface area (Å²) in [7, 11) is 0. The molecule has 3 rings (SSSR count). The normalized spacial score (nSPS) is 11.7. The van der Waals surface area contributed by atoms with Gasteiger partial charge < -0.3 is 26.8 Å². The minimum Gasteiger partial charge on any atom is -0.383 e. The number of anilines is 3. The van der Waals surface area contributed by atoms with Crippen molar-refractivity contribution in [3.63, 3.8) is 0 Å². The molecule has 0 spiro atoms. The Balaban J connectivity index is 1.70. The molecule has 8 heteroatoms. The zero-order chi connectivity index (χ0) is 22.9. The number of nitrogen functional groups attached to an aromatic ring is 2. The SMILES string of the molecule is CCC(C)CNC(=O)Nc1ccc(-c2c(N)nc(N)nc2COCc2ccccc2)cc1. The fourth-order valence-corrected chi connectivity index (χ4v) is 3.11. The average Bonchev–Trinajstić information content (AvgIpc) is 2.79. The lowest BCUT2D eigenvalue weighted by Gasteiger charge is -2.14. The Kier molecular flexibility index (Phi) is 7.99. The zero-order valence-electron chi connectivity index (χ0n) is 18.5. The van der Waals surface area contributed by atoms with Gasteiger partial charge in [0.25, 0.3) is 0 Å². The van der Waals surface area contributed by atoms with E-state index < -0.39 is 0 Å². The molecule has 0 aliphatic heterocycles. The van der Waals surface area contributed by atoms with Crippen LogP contribution in [0.15, 0.2) is 54.6 Å². The standard InChI is InChI=1S/C24H30N6O2/c1-3-16(2)13-27-24(31)28-19-11-9-18(10-12-19)21-20(29-23(26)30-22(21)25)15-32-14-17-7-5-4-6-8-17/h4-12,16H,3,13-15H2,1-2H3,(H2,27,28,31)(H4,25,26,29,30). The summed E-state index contributed by atoms with van der Waals surface area (Å²) in [6, 6.07) is 17.0. The number of rotatable bonds is 9. The third-order valence-electron chi connectivity index (χ3n) is 5.12. The number of benzene rings is 2. The maximum Gasteiger partial charge on any atom is 0.319 e. The second kappa shape index (κ2) is 11.1. The summed E-state index contributed by atoms with van der Waals surface area (Å²) in [5.41, 5.74) is 15.8. The summed E-state index contributed by atoms with van der Waals surface area (Å²) in [5.74, 6) is 0.808. The molecule has 0 fully saturated rings. The van der Waals surface area contributed by atoms with Crippen molar-refractivity contribution in [2.45, 2.75) is 33.5 Å². The molecule has 1 heterocycles. The predicted octanol–water partition coefficient (Wildman–Crippen LogP) is 4.19. The molecule has 1 atom stereocenters. The highest BCUT2D eigenvalue weighted by Gasteiger charge is 2.14. The van der Waals surface area contributed by atoms with Crippen molar-refractivity contribution in [2.24, 2.45) is 5.92 Å². The van der Waals surface area contributed by atoms with Gasteiger partial charge in [0, 0.05) is 17.8 Å². The predicted molar refractivity (Wildman–Crippen MR) is 128 cm³/mol. The van der Waals surface area contributed by atoms with E-state index in [2.05, 4.69) is 34.4 Å². The van der Waals surface area contributed by atoms with E-state index in [0.717, 1.165) is 17.5 Å². The molecule has 2 aromatic carbocycles. The first kappa shape index (κ1) is 23.0. The van der Waals surface area contributed by atoms with Gasteiger partial charge in [-0.15, -0.1) is 0 Å². The Morgan fingerprint density at radius 1 is 1.03 bits per heavy atom. The first-order valence-electron chi connectivity index (χ1n) is 10.6. The van der Waals surface area contributed by atoms with Crippen molar-refractivity contribution < 1.29 is 9.53 Å². The van der Waals surface area contributed by atoms with Crippen LogP contribution in [0.3, 0.4) is 0 Å². The van der Waals surface area contributed by atoms with Gasteiger partial charge in [-0.25, -0.2) is 9.78 Å². The number of nitrogens with zero attached hydrogens (tertiary/aromatic N) is 2. The molecule has 32 heavy (non-hydrogen) atoms. The highest BCUT2D eigenvalue weighted by atomic mass is 16.5. The number of hydrogen-bond acceptors (Lipinski definition) is 6. The molecule has 168 valence electrons. The van der Waals surface area contributed by atoms with Gasteiger partial charge in [-0.05, 0) is 29.2 Å². The van der Waals surface area contributed by atoms with Crippen molar-refractivity contribution in [3.05, 3.63) is 65.9 Å². The average molecular weight is 435 g/mol. The number of ether oxygens (including phenoxy) is 1. The third kappa shape index (κ3) is 6.42.